The van der Waals surface area contributed by atoms with Crippen LogP contribution in [0.5, 0.6) is 0 Å². The van der Waals surface area contributed by atoms with Gasteiger partial charge in [0.1, 0.15) is 0 Å². The van der Waals surface area contributed by atoms with E-state index in [0.717, 1.165) is 38.3 Å². The molecule has 2 N–H and O–H groups in total. The minimum Gasteiger partial charge on any atom is -0.398 e. The molecule has 0 saturated heterocycles. The third kappa shape index (κ3) is 1.38. The van der Waals surface area contributed by atoms with Gasteiger partial charge in [-0.3, -0.25) is 9.97 Å². The molecule has 0 bridgehead atoms. The molecular weight excluding hydrogens is 234 g/mol. The summed E-state index contributed by atoms with van der Waals surface area (Å²) in [5.74, 6) is 0. The van der Waals surface area contributed by atoms with Gasteiger partial charge in [0.2, 0.25) is 0 Å². The maximum atomic E-state index is 6.15. The maximum absolute atomic E-state index is 6.15. The lowest BCUT2D eigenvalue weighted by atomic mass is 10.0. The number of anilines is 1. The van der Waals surface area contributed by atoms with E-state index in [4.69, 9.17) is 5.73 Å². The Balaban J connectivity index is 2.34. The van der Waals surface area contributed by atoms with Crippen LogP contribution in [0.3, 0.4) is 0 Å². The van der Waals surface area contributed by atoms with Crippen LogP contribution in [0.1, 0.15) is 0 Å². The first kappa shape index (κ1) is 10.3. The fourth-order valence-electron chi connectivity index (χ4n) is 2.61. The minimum atomic E-state index is 0.744. The lowest BCUT2D eigenvalue weighted by Gasteiger charge is -2.08. The molecule has 0 aliphatic heterocycles. The fourth-order valence-corrected chi connectivity index (χ4v) is 2.61. The van der Waals surface area contributed by atoms with Gasteiger partial charge in [0.05, 0.1) is 11.0 Å². The van der Waals surface area contributed by atoms with Crippen LogP contribution in [0.4, 0.5) is 5.69 Å². The van der Waals surface area contributed by atoms with Crippen molar-refractivity contribution in [3.05, 3.63) is 54.9 Å². The van der Waals surface area contributed by atoms with E-state index in [1.165, 1.54) is 0 Å². The Hall–Kier alpha value is -2.68. The summed E-state index contributed by atoms with van der Waals surface area (Å²) in [6, 6.07) is 14.1. The standard InChI is InChI=1S/C16H11N3/c17-14-9-13-11(16-12(14)4-2-8-19-16)6-5-10-3-1-7-18-15(10)13/h1-9H,17H2. The molecular formula is C16H11N3. The van der Waals surface area contributed by atoms with E-state index in [1.54, 1.807) is 12.4 Å². The topological polar surface area (TPSA) is 51.8 Å². The van der Waals surface area contributed by atoms with Crippen LogP contribution in [0.2, 0.25) is 0 Å². The Morgan fingerprint density at radius 1 is 0.737 bits per heavy atom. The Morgan fingerprint density at radius 3 is 2.42 bits per heavy atom. The largest absolute Gasteiger partial charge is 0.398 e. The summed E-state index contributed by atoms with van der Waals surface area (Å²) in [4.78, 5) is 8.94. The molecule has 2 heterocycles. The number of rotatable bonds is 0. The quantitative estimate of drug-likeness (QED) is 0.381. The number of nitrogens with zero attached hydrogens (tertiary/aromatic N) is 2. The molecule has 0 fully saturated rings. The van der Waals surface area contributed by atoms with E-state index in [-0.39, 0.29) is 0 Å². The van der Waals surface area contributed by atoms with Crippen molar-refractivity contribution >= 4 is 38.3 Å². The molecule has 0 radical (unpaired) electrons. The third-order valence-electron chi connectivity index (χ3n) is 3.49. The lowest BCUT2D eigenvalue weighted by Crippen LogP contribution is -1.91. The van der Waals surface area contributed by atoms with Crippen molar-refractivity contribution < 1.29 is 0 Å². The molecule has 0 atom stereocenters. The van der Waals surface area contributed by atoms with Crippen LogP contribution in [-0.4, -0.2) is 9.97 Å². The molecule has 2 aromatic heterocycles. The summed E-state index contributed by atoms with van der Waals surface area (Å²) in [5.41, 5.74) is 8.80. The molecule has 0 unspecified atom stereocenters. The average molecular weight is 245 g/mol. The number of aromatic nitrogens is 2. The molecule has 0 aliphatic carbocycles. The van der Waals surface area contributed by atoms with Gasteiger partial charge in [-0.1, -0.05) is 18.2 Å². The van der Waals surface area contributed by atoms with Gasteiger partial charge in [-0.05, 0) is 24.3 Å². The highest BCUT2D eigenvalue weighted by atomic mass is 14.7. The van der Waals surface area contributed by atoms with E-state index < -0.39 is 0 Å². The van der Waals surface area contributed by atoms with Crippen LogP contribution in [0, 0.1) is 0 Å². The molecule has 2 aromatic carbocycles. The smallest absolute Gasteiger partial charge is 0.0801 e. The molecule has 4 rings (SSSR count). The Kier molecular flexibility index (Phi) is 1.97. The van der Waals surface area contributed by atoms with Crippen molar-refractivity contribution in [1.29, 1.82) is 0 Å². The first-order valence-electron chi connectivity index (χ1n) is 6.15. The summed E-state index contributed by atoms with van der Waals surface area (Å²) >= 11 is 0. The molecule has 90 valence electrons. The predicted octanol–water partition coefficient (Wildman–Crippen LogP) is 3.52. The molecule has 4 aromatic rings. The van der Waals surface area contributed by atoms with E-state index in [9.17, 15) is 0 Å². The summed E-state index contributed by atoms with van der Waals surface area (Å²) < 4.78 is 0. The summed E-state index contributed by atoms with van der Waals surface area (Å²) in [5, 5.41) is 4.26. The van der Waals surface area contributed by atoms with Gasteiger partial charge in [0.25, 0.3) is 0 Å². The number of benzene rings is 2. The summed E-state index contributed by atoms with van der Waals surface area (Å²) in [7, 11) is 0. The highest BCUT2D eigenvalue weighted by molar-refractivity contribution is 6.17. The van der Waals surface area contributed by atoms with Gasteiger partial charge in [0, 0.05) is 39.6 Å². The zero-order valence-electron chi connectivity index (χ0n) is 10.2. The second-order valence-corrected chi connectivity index (χ2v) is 4.60. The highest BCUT2D eigenvalue weighted by Crippen LogP contribution is 2.32. The van der Waals surface area contributed by atoms with E-state index in [1.807, 2.05) is 24.3 Å². The third-order valence-corrected chi connectivity index (χ3v) is 3.49. The molecule has 0 spiro atoms. The number of nitrogens with two attached hydrogens (primary N) is 1. The van der Waals surface area contributed by atoms with E-state index in [0.29, 0.717) is 0 Å². The van der Waals surface area contributed by atoms with Gasteiger partial charge in [0.15, 0.2) is 0 Å². The Labute approximate surface area is 109 Å². The van der Waals surface area contributed by atoms with Crippen LogP contribution in [-0.2, 0) is 0 Å². The summed E-state index contributed by atoms with van der Waals surface area (Å²) in [6.07, 6.45) is 3.60. The van der Waals surface area contributed by atoms with Crippen molar-refractivity contribution in [2.75, 3.05) is 5.73 Å². The maximum Gasteiger partial charge on any atom is 0.0801 e. The van der Waals surface area contributed by atoms with Crippen LogP contribution in [0.15, 0.2) is 54.9 Å². The second kappa shape index (κ2) is 3.65. The van der Waals surface area contributed by atoms with E-state index >= 15 is 0 Å². The SMILES string of the molecule is Nc1cc2c(ccc3cccnc32)c2ncccc12. The van der Waals surface area contributed by atoms with Crippen molar-refractivity contribution in [3.8, 4) is 0 Å². The molecule has 3 heteroatoms. The van der Waals surface area contributed by atoms with Crippen LogP contribution >= 0.6 is 0 Å². The van der Waals surface area contributed by atoms with Crippen molar-refractivity contribution in [2.45, 2.75) is 0 Å². The zero-order valence-corrected chi connectivity index (χ0v) is 10.2. The molecule has 3 nitrogen and oxygen atoms in total. The Bertz CT molecular complexity index is 929. The highest BCUT2D eigenvalue weighted by Gasteiger charge is 2.08. The van der Waals surface area contributed by atoms with Gasteiger partial charge in [-0.25, -0.2) is 0 Å². The second-order valence-electron chi connectivity index (χ2n) is 4.60. The number of pyridine rings is 2. The molecule has 0 amide bonds. The monoisotopic (exact) mass is 245 g/mol. The lowest BCUT2D eigenvalue weighted by molar-refractivity contribution is 1.42. The fraction of sp³-hybridized carbons (Fsp3) is 0. The van der Waals surface area contributed by atoms with Gasteiger partial charge in [-0.15, -0.1) is 0 Å². The first-order chi connectivity index (χ1) is 9.34. The number of fused-ring (bicyclic) bond motifs is 5. The van der Waals surface area contributed by atoms with Gasteiger partial charge < -0.3 is 5.73 Å². The zero-order chi connectivity index (χ0) is 12.8. The molecule has 19 heavy (non-hydrogen) atoms. The van der Waals surface area contributed by atoms with Crippen molar-refractivity contribution in [2.24, 2.45) is 0 Å². The van der Waals surface area contributed by atoms with Gasteiger partial charge >= 0.3 is 0 Å². The summed E-state index contributed by atoms with van der Waals surface area (Å²) in [6.45, 7) is 0. The average Bonchev–Trinajstić information content (AvgIpc) is 2.47. The van der Waals surface area contributed by atoms with Crippen molar-refractivity contribution in [1.82, 2.24) is 9.97 Å². The first-order valence-corrected chi connectivity index (χ1v) is 6.15. The number of nitrogen functional groups attached to an aromatic ring is 1. The van der Waals surface area contributed by atoms with Gasteiger partial charge in [-0.2, -0.15) is 0 Å². The number of hydrogen-bond donors (Lipinski definition) is 1. The van der Waals surface area contributed by atoms with E-state index in [2.05, 4.69) is 28.2 Å². The Morgan fingerprint density at radius 2 is 1.53 bits per heavy atom. The molecule has 0 saturated carbocycles. The van der Waals surface area contributed by atoms with Crippen molar-refractivity contribution in [3.63, 3.8) is 0 Å². The number of hydrogen-bond acceptors (Lipinski definition) is 3. The predicted molar refractivity (Wildman–Crippen MR) is 79.0 cm³/mol. The van der Waals surface area contributed by atoms with Crippen LogP contribution in [0.25, 0.3) is 32.6 Å². The minimum absolute atomic E-state index is 0.744. The molecule has 0 aliphatic rings. The van der Waals surface area contributed by atoms with Crippen LogP contribution < -0.4 is 5.73 Å². The normalized spacial score (nSPS) is 11.4.